The van der Waals surface area contributed by atoms with E-state index >= 15 is 0 Å². The first-order chi connectivity index (χ1) is 8.97. The van der Waals surface area contributed by atoms with E-state index in [2.05, 4.69) is 23.3 Å². The number of nitrogens with one attached hydrogen (secondary N) is 1. The number of amides is 1. The lowest BCUT2D eigenvalue weighted by molar-refractivity contribution is 0.0939. The molecule has 0 aliphatic carbocycles. The summed E-state index contributed by atoms with van der Waals surface area (Å²) >= 11 is 1.69. The highest BCUT2D eigenvalue weighted by molar-refractivity contribution is 7.12. The third-order valence-corrected chi connectivity index (χ3v) is 4.07. The molecule has 3 N–H and O–H groups in total. The molecule has 0 bridgehead atoms. The number of thiophene rings is 1. The highest BCUT2D eigenvalue weighted by Crippen LogP contribution is 2.22. The molecule has 4 nitrogen and oxygen atoms in total. The summed E-state index contributed by atoms with van der Waals surface area (Å²) in [6.45, 7) is 5.82. The monoisotopic (exact) mass is 275 g/mol. The Hall–Kier alpha value is -1.88. The number of pyridine rings is 1. The van der Waals surface area contributed by atoms with Crippen molar-refractivity contribution in [1.82, 2.24) is 10.3 Å². The maximum Gasteiger partial charge on any atom is 0.253 e. The number of aromatic nitrogens is 1. The van der Waals surface area contributed by atoms with Gasteiger partial charge >= 0.3 is 0 Å². The summed E-state index contributed by atoms with van der Waals surface area (Å²) in [6, 6.07) is 5.72. The molecule has 2 aromatic rings. The Bertz CT molecular complexity index is 606. The summed E-state index contributed by atoms with van der Waals surface area (Å²) in [7, 11) is 0. The van der Waals surface area contributed by atoms with Crippen molar-refractivity contribution in [2.75, 3.05) is 5.73 Å². The van der Waals surface area contributed by atoms with E-state index in [1.165, 1.54) is 4.88 Å². The van der Waals surface area contributed by atoms with Crippen LogP contribution in [0, 0.1) is 13.8 Å². The highest BCUT2D eigenvalue weighted by Gasteiger charge is 2.15. The van der Waals surface area contributed by atoms with Crippen LogP contribution in [-0.4, -0.2) is 10.9 Å². The standard InChI is InChI=1S/C14H17N3OS/c1-8-4-5-13(19-8)10(3)17-14(18)12-6-11(15)7-16-9(12)2/h4-7,10H,15H2,1-3H3,(H,17,18). The summed E-state index contributed by atoms with van der Waals surface area (Å²) in [6.07, 6.45) is 1.55. The van der Waals surface area contributed by atoms with E-state index in [-0.39, 0.29) is 11.9 Å². The maximum atomic E-state index is 12.2. The summed E-state index contributed by atoms with van der Waals surface area (Å²) in [5, 5.41) is 2.97. The number of hydrogen-bond acceptors (Lipinski definition) is 4. The van der Waals surface area contributed by atoms with Gasteiger partial charge in [-0.05, 0) is 39.0 Å². The number of carbonyl (C=O) groups excluding carboxylic acids is 1. The Morgan fingerprint density at radius 2 is 2.16 bits per heavy atom. The molecule has 0 saturated heterocycles. The average Bonchev–Trinajstić information content (AvgIpc) is 2.79. The third-order valence-electron chi connectivity index (χ3n) is 2.89. The molecule has 1 atom stereocenters. The molecule has 0 fully saturated rings. The van der Waals surface area contributed by atoms with Crippen LogP contribution in [0.25, 0.3) is 0 Å². The Morgan fingerprint density at radius 1 is 1.42 bits per heavy atom. The van der Waals surface area contributed by atoms with Crippen molar-refractivity contribution in [3.8, 4) is 0 Å². The van der Waals surface area contributed by atoms with Gasteiger partial charge < -0.3 is 11.1 Å². The maximum absolute atomic E-state index is 12.2. The molecule has 0 aliphatic heterocycles. The largest absolute Gasteiger partial charge is 0.397 e. The second-order valence-corrected chi connectivity index (χ2v) is 5.86. The second-order valence-electron chi connectivity index (χ2n) is 4.55. The van der Waals surface area contributed by atoms with E-state index in [4.69, 9.17) is 5.73 Å². The van der Waals surface area contributed by atoms with Gasteiger partial charge in [-0.25, -0.2) is 0 Å². The molecule has 100 valence electrons. The molecular weight excluding hydrogens is 258 g/mol. The topological polar surface area (TPSA) is 68.0 Å². The molecule has 1 amide bonds. The number of nitrogens with zero attached hydrogens (tertiary/aromatic N) is 1. The minimum atomic E-state index is -0.143. The van der Waals surface area contributed by atoms with Crippen molar-refractivity contribution in [2.45, 2.75) is 26.8 Å². The predicted octanol–water partition coefficient (Wildman–Crippen LogP) is 2.83. The van der Waals surface area contributed by atoms with Crippen LogP contribution in [0.4, 0.5) is 5.69 Å². The van der Waals surface area contributed by atoms with Gasteiger partial charge in [-0.1, -0.05) is 0 Å². The van der Waals surface area contributed by atoms with Crippen LogP contribution in [0.2, 0.25) is 0 Å². The van der Waals surface area contributed by atoms with Crippen LogP contribution >= 0.6 is 11.3 Å². The van der Waals surface area contributed by atoms with E-state index < -0.39 is 0 Å². The smallest absolute Gasteiger partial charge is 0.253 e. The van der Waals surface area contributed by atoms with Crippen LogP contribution < -0.4 is 11.1 Å². The Morgan fingerprint density at radius 3 is 2.79 bits per heavy atom. The van der Waals surface area contributed by atoms with Crippen molar-refractivity contribution in [3.63, 3.8) is 0 Å². The molecular formula is C14H17N3OS. The van der Waals surface area contributed by atoms with Gasteiger partial charge in [0.2, 0.25) is 0 Å². The van der Waals surface area contributed by atoms with Crippen LogP contribution in [0.15, 0.2) is 24.4 Å². The number of nitrogens with two attached hydrogens (primary N) is 1. The van der Waals surface area contributed by atoms with Crippen molar-refractivity contribution in [3.05, 3.63) is 45.4 Å². The quantitative estimate of drug-likeness (QED) is 0.905. The fourth-order valence-electron chi connectivity index (χ4n) is 1.81. The highest BCUT2D eigenvalue weighted by atomic mass is 32.1. The SMILES string of the molecule is Cc1ccc(C(C)NC(=O)c2cc(N)cnc2C)s1. The molecule has 0 aliphatic rings. The minimum absolute atomic E-state index is 0.0213. The van der Waals surface area contributed by atoms with Gasteiger partial charge in [0.25, 0.3) is 5.91 Å². The lowest BCUT2D eigenvalue weighted by atomic mass is 10.1. The van der Waals surface area contributed by atoms with E-state index in [1.54, 1.807) is 30.5 Å². The molecule has 0 radical (unpaired) electrons. The van der Waals surface area contributed by atoms with Gasteiger partial charge in [0.1, 0.15) is 0 Å². The first-order valence-corrected chi connectivity index (χ1v) is 6.88. The molecule has 0 saturated carbocycles. The molecule has 5 heteroatoms. The van der Waals surface area contributed by atoms with Gasteiger partial charge in [-0.2, -0.15) is 0 Å². The summed E-state index contributed by atoms with van der Waals surface area (Å²) in [5.74, 6) is -0.143. The lowest BCUT2D eigenvalue weighted by Gasteiger charge is -2.13. The number of rotatable bonds is 3. The van der Waals surface area contributed by atoms with Crippen LogP contribution in [0.1, 0.15) is 38.8 Å². The third kappa shape index (κ3) is 3.12. The van der Waals surface area contributed by atoms with Gasteiger partial charge in [-0.3, -0.25) is 9.78 Å². The van der Waals surface area contributed by atoms with Crippen LogP contribution in [0.5, 0.6) is 0 Å². The zero-order chi connectivity index (χ0) is 14.0. The van der Waals surface area contributed by atoms with Crippen molar-refractivity contribution < 1.29 is 4.79 Å². The summed E-state index contributed by atoms with van der Waals surface area (Å²) in [4.78, 5) is 18.7. The van der Waals surface area contributed by atoms with E-state index in [0.717, 1.165) is 4.88 Å². The van der Waals surface area contributed by atoms with E-state index in [9.17, 15) is 4.79 Å². The molecule has 0 aromatic carbocycles. The summed E-state index contributed by atoms with van der Waals surface area (Å²) in [5.41, 5.74) is 7.38. The number of hydrogen-bond donors (Lipinski definition) is 2. The first kappa shape index (κ1) is 13.5. The normalized spacial score (nSPS) is 12.2. The number of nitrogen functional groups attached to an aromatic ring is 1. The molecule has 2 rings (SSSR count). The van der Waals surface area contributed by atoms with Gasteiger partial charge in [-0.15, -0.1) is 11.3 Å². The fourth-order valence-corrected chi connectivity index (χ4v) is 2.69. The van der Waals surface area contributed by atoms with E-state index in [1.807, 2.05) is 13.0 Å². The Kier molecular flexibility index (Phi) is 3.85. The lowest BCUT2D eigenvalue weighted by Crippen LogP contribution is -2.27. The zero-order valence-corrected chi connectivity index (χ0v) is 12.0. The first-order valence-electron chi connectivity index (χ1n) is 6.06. The Labute approximate surface area is 116 Å². The summed E-state index contributed by atoms with van der Waals surface area (Å²) < 4.78 is 0. The van der Waals surface area contributed by atoms with Crippen molar-refractivity contribution in [2.24, 2.45) is 0 Å². The molecule has 0 spiro atoms. The van der Waals surface area contributed by atoms with Gasteiger partial charge in [0.05, 0.1) is 29.2 Å². The molecule has 2 aromatic heterocycles. The molecule has 2 heterocycles. The number of anilines is 1. The predicted molar refractivity (Wildman–Crippen MR) is 78.3 cm³/mol. The van der Waals surface area contributed by atoms with Crippen molar-refractivity contribution >= 4 is 22.9 Å². The minimum Gasteiger partial charge on any atom is -0.397 e. The average molecular weight is 275 g/mol. The van der Waals surface area contributed by atoms with Crippen molar-refractivity contribution in [1.29, 1.82) is 0 Å². The van der Waals surface area contributed by atoms with E-state index in [0.29, 0.717) is 16.9 Å². The van der Waals surface area contributed by atoms with Crippen LogP contribution in [0.3, 0.4) is 0 Å². The fraction of sp³-hybridized carbons (Fsp3) is 0.286. The molecule has 1 unspecified atom stereocenters. The van der Waals surface area contributed by atoms with Gasteiger partial charge in [0, 0.05) is 9.75 Å². The number of carbonyl (C=O) groups is 1. The second kappa shape index (κ2) is 5.40. The van der Waals surface area contributed by atoms with Gasteiger partial charge in [0.15, 0.2) is 0 Å². The zero-order valence-electron chi connectivity index (χ0n) is 11.2. The Balaban J connectivity index is 2.15. The van der Waals surface area contributed by atoms with Crippen LogP contribution in [-0.2, 0) is 0 Å². The number of aryl methyl sites for hydroxylation is 2. The molecule has 19 heavy (non-hydrogen) atoms.